The Bertz CT molecular complexity index is 492. The van der Waals surface area contributed by atoms with Crippen LogP contribution in [-0.2, 0) is 21.3 Å². The quantitative estimate of drug-likeness (QED) is 0.820. The van der Waals surface area contributed by atoms with Gasteiger partial charge in [0.05, 0.1) is 6.10 Å². The second-order valence-electron chi connectivity index (χ2n) is 4.29. The minimum atomic E-state index is -3.39. The highest BCUT2D eigenvalue weighted by molar-refractivity contribution is 7.91. The van der Waals surface area contributed by atoms with Crippen molar-refractivity contribution in [3.8, 4) is 0 Å². The molecule has 0 atom stereocenters. The summed E-state index contributed by atoms with van der Waals surface area (Å²) in [5, 5.41) is 0. The molecule has 0 aromatic carbocycles. The average molecular weight is 290 g/mol. The van der Waals surface area contributed by atoms with E-state index in [0.29, 0.717) is 17.4 Å². The predicted molar refractivity (Wildman–Crippen MR) is 71.0 cm³/mol. The second kappa shape index (κ2) is 5.66. The van der Waals surface area contributed by atoms with Crippen molar-refractivity contribution < 1.29 is 13.2 Å². The van der Waals surface area contributed by atoms with Gasteiger partial charge in [0.2, 0.25) is 10.0 Å². The lowest BCUT2D eigenvalue weighted by atomic mass is 9.90. The summed E-state index contributed by atoms with van der Waals surface area (Å²) in [5.74, 6) is 0. The minimum Gasteiger partial charge on any atom is -0.378 e. The van der Waals surface area contributed by atoms with Crippen LogP contribution in [0.3, 0.4) is 0 Å². The van der Waals surface area contributed by atoms with Gasteiger partial charge in [-0.2, -0.15) is 0 Å². The predicted octanol–water partition coefficient (Wildman–Crippen LogP) is 1.05. The summed E-state index contributed by atoms with van der Waals surface area (Å²) in [6.07, 6.45) is 1.70. The van der Waals surface area contributed by atoms with Gasteiger partial charge >= 0.3 is 0 Å². The molecule has 0 unspecified atom stereocenters. The zero-order chi connectivity index (χ0) is 13.2. The average Bonchev–Trinajstić information content (AvgIpc) is 2.75. The lowest BCUT2D eigenvalue weighted by molar-refractivity contribution is -0.00474. The van der Waals surface area contributed by atoms with Crippen LogP contribution in [-0.4, -0.2) is 27.2 Å². The van der Waals surface area contributed by atoms with Crippen LogP contribution in [0.25, 0.3) is 0 Å². The zero-order valence-corrected chi connectivity index (χ0v) is 11.9. The van der Waals surface area contributed by atoms with E-state index in [9.17, 15) is 8.42 Å². The molecule has 7 heteroatoms. The number of sulfonamides is 1. The van der Waals surface area contributed by atoms with Crippen molar-refractivity contribution in [3.05, 3.63) is 17.0 Å². The van der Waals surface area contributed by atoms with Gasteiger partial charge in [-0.1, -0.05) is 0 Å². The lowest BCUT2D eigenvalue weighted by Gasteiger charge is -2.34. The molecule has 1 fully saturated rings. The molecule has 2 rings (SSSR count). The molecule has 0 amide bonds. The highest BCUT2D eigenvalue weighted by atomic mass is 32.2. The normalized spacial score (nSPS) is 23.9. The van der Waals surface area contributed by atoms with Crippen molar-refractivity contribution in [1.29, 1.82) is 0 Å². The highest BCUT2D eigenvalue weighted by Crippen LogP contribution is 2.27. The van der Waals surface area contributed by atoms with Gasteiger partial charge in [-0.3, -0.25) is 0 Å². The summed E-state index contributed by atoms with van der Waals surface area (Å²) in [6.45, 7) is 2.99. The molecule has 1 aromatic rings. The van der Waals surface area contributed by atoms with E-state index < -0.39 is 10.0 Å². The number of ether oxygens (including phenoxy) is 1. The van der Waals surface area contributed by atoms with Gasteiger partial charge in [-0.15, -0.1) is 11.3 Å². The largest absolute Gasteiger partial charge is 0.378 e. The van der Waals surface area contributed by atoms with E-state index in [-0.39, 0.29) is 12.1 Å². The maximum Gasteiger partial charge on any atom is 0.250 e. The minimum absolute atomic E-state index is 0.00465. The Balaban J connectivity index is 1.92. The van der Waals surface area contributed by atoms with Gasteiger partial charge in [0.25, 0.3) is 0 Å². The number of hydrogen-bond donors (Lipinski definition) is 2. The van der Waals surface area contributed by atoms with Gasteiger partial charge in [0.1, 0.15) is 4.21 Å². The van der Waals surface area contributed by atoms with Crippen molar-refractivity contribution >= 4 is 21.4 Å². The summed E-state index contributed by atoms with van der Waals surface area (Å²) in [6, 6.07) is 3.35. The summed E-state index contributed by atoms with van der Waals surface area (Å²) >= 11 is 1.22. The first-order valence-corrected chi connectivity index (χ1v) is 8.28. The Hall–Kier alpha value is -0.470. The van der Waals surface area contributed by atoms with Crippen LogP contribution in [0.5, 0.6) is 0 Å². The Labute approximate surface area is 111 Å². The SMILES string of the molecule is CCOC1CC(NS(=O)(=O)c2ccc(CN)s2)C1. The molecule has 0 aliphatic heterocycles. The van der Waals surface area contributed by atoms with Gasteiger partial charge in [0, 0.05) is 24.1 Å². The Morgan fingerprint density at radius 3 is 2.78 bits per heavy atom. The van der Waals surface area contributed by atoms with Crippen LogP contribution in [0.2, 0.25) is 0 Å². The van der Waals surface area contributed by atoms with Gasteiger partial charge in [-0.05, 0) is 31.9 Å². The van der Waals surface area contributed by atoms with Crippen LogP contribution < -0.4 is 10.5 Å². The molecule has 0 bridgehead atoms. The highest BCUT2D eigenvalue weighted by Gasteiger charge is 2.33. The van der Waals surface area contributed by atoms with E-state index in [2.05, 4.69) is 4.72 Å². The first-order valence-electron chi connectivity index (χ1n) is 5.98. The fourth-order valence-corrected chi connectivity index (χ4v) is 4.44. The van der Waals surface area contributed by atoms with Crippen LogP contribution in [0, 0.1) is 0 Å². The molecule has 1 aliphatic carbocycles. The molecule has 0 spiro atoms. The lowest BCUT2D eigenvalue weighted by Crippen LogP contribution is -2.47. The molecule has 1 aliphatic rings. The Morgan fingerprint density at radius 1 is 1.50 bits per heavy atom. The van der Waals surface area contributed by atoms with Crippen molar-refractivity contribution in [2.45, 2.75) is 42.7 Å². The fourth-order valence-electron chi connectivity index (χ4n) is 1.92. The summed E-state index contributed by atoms with van der Waals surface area (Å²) in [4.78, 5) is 0.871. The van der Waals surface area contributed by atoms with E-state index in [0.717, 1.165) is 17.7 Å². The molecule has 0 saturated heterocycles. The number of nitrogens with one attached hydrogen (secondary N) is 1. The third-order valence-corrected chi connectivity index (χ3v) is 6.04. The molecule has 3 N–H and O–H groups in total. The molecule has 1 heterocycles. The van der Waals surface area contributed by atoms with Crippen LogP contribution in [0.4, 0.5) is 0 Å². The van der Waals surface area contributed by atoms with E-state index >= 15 is 0 Å². The third-order valence-electron chi connectivity index (χ3n) is 2.92. The monoisotopic (exact) mass is 290 g/mol. The molecular weight excluding hydrogens is 272 g/mol. The van der Waals surface area contributed by atoms with E-state index in [4.69, 9.17) is 10.5 Å². The molecule has 102 valence electrons. The van der Waals surface area contributed by atoms with Gasteiger partial charge in [-0.25, -0.2) is 13.1 Å². The fraction of sp³-hybridized carbons (Fsp3) is 0.636. The van der Waals surface area contributed by atoms with Gasteiger partial charge < -0.3 is 10.5 Å². The van der Waals surface area contributed by atoms with E-state index in [1.54, 1.807) is 12.1 Å². The smallest absolute Gasteiger partial charge is 0.250 e. The Kier molecular flexibility index (Phi) is 4.39. The maximum absolute atomic E-state index is 12.0. The summed E-state index contributed by atoms with van der Waals surface area (Å²) in [5.41, 5.74) is 5.48. The molecule has 5 nitrogen and oxygen atoms in total. The zero-order valence-electron chi connectivity index (χ0n) is 10.3. The standard InChI is InChI=1S/C11H18N2O3S2/c1-2-16-9-5-8(6-9)13-18(14,15)11-4-3-10(7-12)17-11/h3-4,8-9,13H,2,5-7,12H2,1H3. The molecule has 1 aromatic heterocycles. The van der Waals surface area contributed by atoms with E-state index in [1.807, 2.05) is 6.92 Å². The molecule has 18 heavy (non-hydrogen) atoms. The van der Waals surface area contributed by atoms with Crippen molar-refractivity contribution in [3.63, 3.8) is 0 Å². The number of nitrogens with two attached hydrogens (primary N) is 1. The first-order chi connectivity index (χ1) is 8.55. The van der Waals surface area contributed by atoms with Crippen molar-refractivity contribution in [2.75, 3.05) is 6.61 Å². The molecule has 1 saturated carbocycles. The third kappa shape index (κ3) is 3.10. The van der Waals surface area contributed by atoms with Crippen LogP contribution in [0.15, 0.2) is 16.3 Å². The second-order valence-corrected chi connectivity index (χ2v) is 7.40. The number of thiophene rings is 1. The Morgan fingerprint density at radius 2 is 2.22 bits per heavy atom. The number of hydrogen-bond acceptors (Lipinski definition) is 5. The van der Waals surface area contributed by atoms with Crippen molar-refractivity contribution in [2.24, 2.45) is 5.73 Å². The number of rotatable bonds is 6. The summed E-state index contributed by atoms with van der Waals surface area (Å²) in [7, 11) is -3.39. The topological polar surface area (TPSA) is 81.4 Å². The molecular formula is C11H18N2O3S2. The summed E-state index contributed by atoms with van der Waals surface area (Å²) < 4.78 is 32.5. The van der Waals surface area contributed by atoms with Crippen LogP contribution in [0.1, 0.15) is 24.6 Å². The van der Waals surface area contributed by atoms with E-state index in [1.165, 1.54) is 11.3 Å². The molecule has 0 radical (unpaired) electrons. The van der Waals surface area contributed by atoms with Crippen LogP contribution >= 0.6 is 11.3 Å². The first kappa shape index (κ1) is 14.0. The van der Waals surface area contributed by atoms with Crippen molar-refractivity contribution in [1.82, 2.24) is 4.72 Å². The maximum atomic E-state index is 12.0. The van der Waals surface area contributed by atoms with Gasteiger partial charge in [0.15, 0.2) is 0 Å².